The zero-order valence-corrected chi connectivity index (χ0v) is 14.4. The maximum absolute atomic E-state index is 13.0. The third-order valence-corrected chi connectivity index (χ3v) is 4.76. The maximum Gasteiger partial charge on any atom is 0.345 e. The van der Waals surface area contributed by atoms with Crippen molar-refractivity contribution in [3.05, 3.63) is 71.3 Å². The SMILES string of the molecule is CC[C@H](CC=O)[C@]1(c2ccccc2)N=C(c2ccc(C)cc2)OC1=O. The van der Waals surface area contributed by atoms with Gasteiger partial charge in [-0.25, -0.2) is 9.79 Å². The van der Waals surface area contributed by atoms with Crippen molar-refractivity contribution in [2.75, 3.05) is 0 Å². The highest BCUT2D eigenvalue weighted by Crippen LogP contribution is 2.43. The first-order chi connectivity index (χ1) is 12.1. The van der Waals surface area contributed by atoms with Gasteiger partial charge in [-0.3, -0.25) is 0 Å². The Morgan fingerprint density at radius 1 is 1.12 bits per heavy atom. The summed E-state index contributed by atoms with van der Waals surface area (Å²) < 4.78 is 5.58. The average Bonchev–Trinajstić information content (AvgIpc) is 2.99. The topological polar surface area (TPSA) is 55.7 Å². The van der Waals surface area contributed by atoms with Gasteiger partial charge < -0.3 is 9.53 Å². The van der Waals surface area contributed by atoms with E-state index in [4.69, 9.17) is 9.73 Å². The van der Waals surface area contributed by atoms with Crippen molar-refractivity contribution in [3.8, 4) is 0 Å². The Hall–Kier alpha value is -2.75. The van der Waals surface area contributed by atoms with Gasteiger partial charge in [-0.1, -0.05) is 55.0 Å². The maximum atomic E-state index is 13.0. The Labute approximate surface area is 147 Å². The van der Waals surface area contributed by atoms with Gasteiger partial charge in [0.2, 0.25) is 5.90 Å². The van der Waals surface area contributed by atoms with E-state index in [2.05, 4.69) is 0 Å². The van der Waals surface area contributed by atoms with Crippen molar-refractivity contribution in [2.45, 2.75) is 32.2 Å². The van der Waals surface area contributed by atoms with Crippen molar-refractivity contribution in [3.63, 3.8) is 0 Å². The van der Waals surface area contributed by atoms with Crippen LogP contribution in [-0.2, 0) is 19.9 Å². The van der Waals surface area contributed by atoms with Crippen LogP contribution in [0.1, 0.15) is 36.5 Å². The molecule has 0 radical (unpaired) electrons. The van der Waals surface area contributed by atoms with Crippen LogP contribution in [0, 0.1) is 12.8 Å². The Kier molecular flexibility index (Phi) is 4.79. The molecule has 0 unspecified atom stereocenters. The van der Waals surface area contributed by atoms with E-state index in [-0.39, 0.29) is 12.3 Å². The molecule has 2 aromatic rings. The molecule has 0 aliphatic carbocycles. The molecule has 128 valence electrons. The van der Waals surface area contributed by atoms with Crippen LogP contribution in [0.3, 0.4) is 0 Å². The molecule has 2 aromatic carbocycles. The number of aldehydes is 1. The molecule has 0 saturated heterocycles. The minimum atomic E-state index is -1.17. The fourth-order valence-corrected chi connectivity index (χ4v) is 3.33. The predicted molar refractivity (Wildman–Crippen MR) is 96.4 cm³/mol. The smallest absolute Gasteiger partial charge is 0.345 e. The summed E-state index contributed by atoms with van der Waals surface area (Å²) in [4.78, 5) is 28.9. The van der Waals surface area contributed by atoms with Crippen molar-refractivity contribution >= 4 is 18.2 Å². The zero-order chi connectivity index (χ0) is 17.9. The molecule has 25 heavy (non-hydrogen) atoms. The van der Waals surface area contributed by atoms with E-state index in [0.29, 0.717) is 12.3 Å². The number of aryl methyl sites for hydroxylation is 1. The van der Waals surface area contributed by atoms with Crippen LogP contribution >= 0.6 is 0 Å². The fourth-order valence-electron chi connectivity index (χ4n) is 3.33. The summed E-state index contributed by atoms with van der Waals surface area (Å²) in [5, 5.41) is 0. The van der Waals surface area contributed by atoms with Gasteiger partial charge in [0, 0.05) is 17.9 Å². The summed E-state index contributed by atoms with van der Waals surface area (Å²) in [6, 6.07) is 17.1. The van der Waals surface area contributed by atoms with Crippen LogP contribution < -0.4 is 0 Å². The number of esters is 1. The normalized spacial score (nSPS) is 20.7. The monoisotopic (exact) mass is 335 g/mol. The van der Waals surface area contributed by atoms with Crippen LogP contribution in [0.15, 0.2) is 59.6 Å². The van der Waals surface area contributed by atoms with Crippen molar-refractivity contribution in [2.24, 2.45) is 10.9 Å². The second-order valence-electron chi connectivity index (χ2n) is 6.31. The molecule has 0 spiro atoms. The summed E-state index contributed by atoms with van der Waals surface area (Å²) in [6.45, 7) is 3.96. The molecule has 3 rings (SSSR count). The minimum Gasteiger partial charge on any atom is -0.405 e. The van der Waals surface area contributed by atoms with Gasteiger partial charge in [0.25, 0.3) is 0 Å². The van der Waals surface area contributed by atoms with Gasteiger partial charge in [0.05, 0.1) is 0 Å². The second-order valence-corrected chi connectivity index (χ2v) is 6.31. The first-order valence-corrected chi connectivity index (χ1v) is 8.50. The number of cyclic esters (lactones) is 1. The number of ether oxygens (including phenoxy) is 1. The zero-order valence-electron chi connectivity index (χ0n) is 14.4. The minimum absolute atomic E-state index is 0.247. The van der Waals surface area contributed by atoms with Crippen LogP contribution in [-0.4, -0.2) is 18.2 Å². The summed E-state index contributed by atoms with van der Waals surface area (Å²) >= 11 is 0. The molecule has 1 aliphatic heterocycles. The van der Waals surface area contributed by atoms with E-state index in [0.717, 1.165) is 23.0 Å². The third kappa shape index (κ3) is 3.00. The van der Waals surface area contributed by atoms with Crippen molar-refractivity contribution < 1.29 is 14.3 Å². The molecule has 0 saturated carbocycles. The van der Waals surface area contributed by atoms with E-state index in [9.17, 15) is 9.59 Å². The van der Waals surface area contributed by atoms with Crippen molar-refractivity contribution in [1.29, 1.82) is 0 Å². The Balaban J connectivity index is 2.15. The van der Waals surface area contributed by atoms with Crippen LogP contribution in [0.4, 0.5) is 0 Å². The highest BCUT2D eigenvalue weighted by molar-refractivity contribution is 6.08. The lowest BCUT2D eigenvalue weighted by Crippen LogP contribution is -2.39. The lowest BCUT2D eigenvalue weighted by atomic mass is 9.76. The van der Waals surface area contributed by atoms with E-state index >= 15 is 0 Å². The molecule has 1 heterocycles. The van der Waals surface area contributed by atoms with E-state index < -0.39 is 11.5 Å². The summed E-state index contributed by atoms with van der Waals surface area (Å²) in [5.41, 5.74) is 1.47. The molecule has 0 fully saturated rings. The molecule has 0 N–H and O–H groups in total. The largest absolute Gasteiger partial charge is 0.405 e. The van der Waals surface area contributed by atoms with Gasteiger partial charge in [0.1, 0.15) is 6.29 Å². The lowest BCUT2D eigenvalue weighted by Gasteiger charge is -2.30. The standard InChI is InChI=1S/C21H21NO3/c1-3-17(13-14-23)21(18-7-5-4-6-8-18)20(24)25-19(22-21)16-11-9-15(2)10-12-16/h4-12,14,17H,3,13H2,1-2H3/t17-,21-/m1/s1. The number of aliphatic imine (C=N–C) groups is 1. The predicted octanol–water partition coefficient (Wildman–Crippen LogP) is 3.81. The van der Waals surface area contributed by atoms with E-state index in [1.807, 2.05) is 68.4 Å². The molecule has 0 aromatic heterocycles. The molecule has 1 aliphatic rings. The number of rotatable bonds is 6. The van der Waals surface area contributed by atoms with Gasteiger partial charge in [-0.15, -0.1) is 0 Å². The van der Waals surface area contributed by atoms with Crippen LogP contribution in [0.2, 0.25) is 0 Å². The summed E-state index contributed by atoms with van der Waals surface area (Å²) in [5.74, 6) is -0.343. The van der Waals surface area contributed by atoms with Gasteiger partial charge >= 0.3 is 5.97 Å². The van der Waals surface area contributed by atoms with E-state index in [1.54, 1.807) is 0 Å². The number of hydrogen-bond acceptors (Lipinski definition) is 4. The molecular formula is C21H21NO3. The first-order valence-electron chi connectivity index (χ1n) is 8.50. The van der Waals surface area contributed by atoms with Gasteiger partial charge in [-0.05, 0) is 31.0 Å². The quantitative estimate of drug-likeness (QED) is 0.596. The number of carbonyl (C=O) groups is 2. The molecular weight excluding hydrogens is 314 g/mol. The molecule has 4 heteroatoms. The first kappa shape index (κ1) is 17.1. The third-order valence-electron chi connectivity index (χ3n) is 4.76. The average molecular weight is 335 g/mol. The molecule has 0 bridgehead atoms. The second kappa shape index (κ2) is 7.01. The van der Waals surface area contributed by atoms with Crippen LogP contribution in [0.25, 0.3) is 0 Å². The van der Waals surface area contributed by atoms with E-state index in [1.165, 1.54) is 0 Å². The number of benzene rings is 2. The number of nitrogens with zero attached hydrogens (tertiary/aromatic N) is 1. The lowest BCUT2D eigenvalue weighted by molar-refractivity contribution is -0.141. The highest BCUT2D eigenvalue weighted by atomic mass is 16.6. The molecule has 2 atom stereocenters. The molecule has 4 nitrogen and oxygen atoms in total. The number of hydrogen-bond donors (Lipinski definition) is 0. The Morgan fingerprint density at radius 3 is 2.40 bits per heavy atom. The number of carbonyl (C=O) groups excluding carboxylic acids is 2. The highest BCUT2D eigenvalue weighted by Gasteiger charge is 2.52. The Bertz CT molecular complexity index is 796. The summed E-state index contributed by atoms with van der Waals surface area (Å²) in [7, 11) is 0. The molecule has 0 amide bonds. The van der Waals surface area contributed by atoms with Gasteiger partial charge in [-0.2, -0.15) is 0 Å². The fraction of sp³-hybridized carbons (Fsp3) is 0.286. The summed E-state index contributed by atoms with van der Waals surface area (Å²) in [6.07, 6.45) is 1.75. The van der Waals surface area contributed by atoms with Crippen LogP contribution in [0.5, 0.6) is 0 Å². The van der Waals surface area contributed by atoms with Gasteiger partial charge in [0.15, 0.2) is 5.54 Å². The van der Waals surface area contributed by atoms with Crippen molar-refractivity contribution in [1.82, 2.24) is 0 Å². The Morgan fingerprint density at radius 2 is 1.80 bits per heavy atom.